The summed E-state index contributed by atoms with van der Waals surface area (Å²) in [5.41, 5.74) is 1.96. The van der Waals surface area contributed by atoms with Crippen LogP contribution in [0.15, 0.2) is 18.2 Å². The molecule has 0 saturated heterocycles. The van der Waals surface area contributed by atoms with Gasteiger partial charge < -0.3 is 5.32 Å². The molecule has 114 valence electrons. The van der Waals surface area contributed by atoms with Crippen molar-refractivity contribution >= 4 is 0 Å². The van der Waals surface area contributed by atoms with Crippen molar-refractivity contribution in [2.75, 3.05) is 13.6 Å². The highest BCUT2D eigenvalue weighted by atomic mass is 19.1. The zero-order valence-corrected chi connectivity index (χ0v) is 13.4. The van der Waals surface area contributed by atoms with Crippen LogP contribution < -0.4 is 5.32 Å². The lowest BCUT2D eigenvalue weighted by molar-refractivity contribution is 0.190. The number of halogens is 1. The Hall–Kier alpha value is -0.930. The molecule has 1 rings (SSSR count). The lowest BCUT2D eigenvalue weighted by atomic mass is 10.1. The van der Waals surface area contributed by atoms with E-state index in [2.05, 4.69) is 31.0 Å². The zero-order valence-electron chi connectivity index (χ0n) is 13.4. The quantitative estimate of drug-likeness (QED) is 0.737. The SMILES string of the molecule is CCCCN(Cc1cc(CNC)ccc1F)C(C)CC. The van der Waals surface area contributed by atoms with Gasteiger partial charge in [-0.05, 0) is 45.0 Å². The normalized spacial score (nSPS) is 12.9. The van der Waals surface area contributed by atoms with Gasteiger partial charge in [-0.2, -0.15) is 0 Å². The molecule has 0 aliphatic heterocycles. The number of hydrogen-bond acceptors (Lipinski definition) is 2. The highest BCUT2D eigenvalue weighted by Gasteiger charge is 2.14. The van der Waals surface area contributed by atoms with Gasteiger partial charge in [0.05, 0.1) is 0 Å². The maximum atomic E-state index is 14.0. The van der Waals surface area contributed by atoms with Gasteiger partial charge in [0, 0.05) is 24.7 Å². The van der Waals surface area contributed by atoms with Crippen molar-refractivity contribution in [1.82, 2.24) is 10.2 Å². The van der Waals surface area contributed by atoms with E-state index in [1.165, 1.54) is 12.8 Å². The second-order valence-corrected chi connectivity index (χ2v) is 5.54. The standard InChI is InChI=1S/C17H29FN2/c1-5-7-10-20(14(3)6-2)13-16-11-15(12-19-4)8-9-17(16)18/h8-9,11,14,19H,5-7,10,12-13H2,1-4H3. The fraction of sp³-hybridized carbons (Fsp3) is 0.647. The van der Waals surface area contributed by atoms with Crippen LogP contribution in [-0.4, -0.2) is 24.5 Å². The molecule has 1 unspecified atom stereocenters. The first-order valence-electron chi connectivity index (χ1n) is 7.78. The summed E-state index contributed by atoms with van der Waals surface area (Å²) in [6.07, 6.45) is 3.44. The maximum Gasteiger partial charge on any atom is 0.127 e. The Morgan fingerprint density at radius 3 is 2.65 bits per heavy atom. The summed E-state index contributed by atoms with van der Waals surface area (Å²) in [7, 11) is 1.91. The van der Waals surface area contributed by atoms with Gasteiger partial charge in [-0.15, -0.1) is 0 Å². The lowest BCUT2D eigenvalue weighted by Gasteiger charge is -2.28. The highest BCUT2D eigenvalue weighted by Crippen LogP contribution is 2.16. The molecule has 0 heterocycles. The Bertz CT molecular complexity index is 393. The van der Waals surface area contributed by atoms with Crippen molar-refractivity contribution < 1.29 is 4.39 Å². The van der Waals surface area contributed by atoms with Crippen LogP contribution in [0.5, 0.6) is 0 Å². The van der Waals surface area contributed by atoms with Crippen LogP contribution in [0.4, 0.5) is 4.39 Å². The van der Waals surface area contributed by atoms with Gasteiger partial charge in [0.1, 0.15) is 5.82 Å². The van der Waals surface area contributed by atoms with E-state index in [0.29, 0.717) is 12.6 Å². The van der Waals surface area contributed by atoms with E-state index in [1.54, 1.807) is 6.07 Å². The van der Waals surface area contributed by atoms with Crippen molar-refractivity contribution in [2.24, 2.45) is 0 Å². The molecule has 0 amide bonds. The van der Waals surface area contributed by atoms with E-state index in [1.807, 2.05) is 19.2 Å². The number of unbranched alkanes of at least 4 members (excludes halogenated alkanes) is 1. The molecule has 0 spiro atoms. The predicted octanol–water partition coefficient (Wildman–Crippen LogP) is 3.95. The molecule has 1 aromatic rings. The third kappa shape index (κ3) is 5.22. The number of hydrogen-bond donors (Lipinski definition) is 1. The van der Waals surface area contributed by atoms with Crippen molar-refractivity contribution in [1.29, 1.82) is 0 Å². The summed E-state index contributed by atoms with van der Waals surface area (Å²) in [6.45, 7) is 9.15. The van der Waals surface area contributed by atoms with E-state index in [9.17, 15) is 4.39 Å². The topological polar surface area (TPSA) is 15.3 Å². The number of nitrogens with zero attached hydrogens (tertiary/aromatic N) is 1. The van der Waals surface area contributed by atoms with Crippen molar-refractivity contribution in [3.05, 3.63) is 35.1 Å². The first-order chi connectivity index (χ1) is 9.62. The molecule has 0 aliphatic rings. The van der Waals surface area contributed by atoms with Crippen LogP contribution in [-0.2, 0) is 13.1 Å². The summed E-state index contributed by atoms with van der Waals surface area (Å²) in [5, 5.41) is 3.12. The third-order valence-electron chi connectivity index (χ3n) is 3.88. The molecule has 1 N–H and O–H groups in total. The smallest absolute Gasteiger partial charge is 0.127 e. The molecule has 0 aromatic heterocycles. The summed E-state index contributed by atoms with van der Waals surface area (Å²) in [4.78, 5) is 2.39. The molecule has 2 nitrogen and oxygen atoms in total. The van der Waals surface area contributed by atoms with E-state index >= 15 is 0 Å². The van der Waals surface area contributed by atoms with E-state index in [-0.39, 0.29) is 5.82 Å². The van der Waals surface area contributed by atoms with Crippen molar-refractivity contribution in [3.8, 4) is 0 Å². The summed E-state index contributed by atoms with van der Waals surface area (Å²) < 4.78 is 14.0. The Balaban J connectivity index is 2.82. The minimum atomic E-state index is -0.0883. The van der Waals surface area contributed by atoms with Crippen molar-refractivity contribution in [3.63, 3.8) is 0 Å². The monoisotopic (exact) mass is 280 g/mol. The first-order valence-corrected chi connectivity index (χ1v) is 7.78. The number of benzene rings is 1. The van der Waals surface area contributed by atoms with Crippen LogP contribution in [0.25, 0.3) is 0 Å². The third-order valence-corrected chi connectivity index (χ3v) is 3.88. The van der Waals surface area contributed by atoms with E-state index < -0.39 is 0 Å². The molecule has 1 aromatic carbocycles. The lowest BCUT2D eigenvalue weighted by Crippen LogP contribution is -2.33. The van der Waals surface area contributed by atoms with Gasteiger partial charge in [0.25, 0.3) is 0 Å². The first kappa shape index (κ1) is 17.1. The maximum absolute atomic E-state index is 14.0. The highest BCUT2D eigenvalue weighted by molar-refractivity contribution is 5.25. The van der Waals surface area contributed by atoms with Crippen LogP contribution in [0, 0.1) is 5.82 Å². The van der Waals surface area contributed by atoms with Crippen LogP contribution >= 0.6 is 0 Å². The predicted molar refractivity (Wildman–Crippen MR) is 84.2 cm³/mol. The summed E-state index contributed by atoms with van der Waals surface area (Å²) in [6, 6.07) is 5.94. The van der Waals surface area contributed by atoms with Crippen molar-refractivity contribution in [2.45, 2.75) is 59.2 Å². The number of rotatable bonds is 9. The fourth-order valence-electron chi connectivity index (χ4n) is 2.36. The molecule has 0 fully saturated rings. The summed E-state index contributed by atoms with van der Waals surface area (Å²) in [5.74, 6) is -0.0883. The zero-order chi connectivity index (χ0) is 15.0. The molecule has 0 bridgehead atoms. The second kappa shape index (κ2) is 9.09. The summed E-state index contributed by atoms with van der Waals surface area (Å²) >= 11 is 0. The van der Waals surface area contributed by atoms with Gasteiger partial charge in [-0.25, -0.2) is 4.39 Å². The van der Waals surface area contributed by atoms with Crippen LogP contribution in [0.3, 0.4) is 0 Å². The largest absolute Gasteiger partial charge is 0.316 e. The molecule has 3 heteroatoms. The van der Waals surface area contributed by atoms with Crippen LogP contribution in [0.1, 0.15) is 51.2 Å². The fourth-order valence-corrected chi connectivity index (χ4v) is 2.36. The molecule has 0 aliphatic carbocycles. The van der Waals surface area contributed by atoms with Gasteiger partial charge in [0.2, 0.25) is 0 Å². The average Bonchev–Trinajstić information content (AvgIpc) is 2.46. The Kier molecular flexibility index (Phi) is 7.78. The number of nitrogens with one attached hydrogen (secondary N) is 1. The Morgan fingerprint density at radius 1 is 1.30 bits per heavy atom. The molecular formula is C17H29FN2. The Labute approximate surface area is 123 Å². The second-order valence-electron chi connectivity index (χ2n) is 5.54. The van der Waals surface area contributed by atoms with Gasteiger partial charge in [0.15, 0.2) is 0 Å². The molecule has 0 radical (unpaired) electrons. The molecule has 0 saturated carbocycles. The van der Waals surface area contributed by atoms with Gasteiger partial charge >= 0.3 is 0 Å². The molecule has 20 heavy (non-hydrogen) atoms. The van der Waals surface area contributed by atoms with Gasteiger partial charge in [-0.3, -0.25) is 4.90 Å². The molecule has 1 atom stereocenters. The minimum Gasteiger partial charge on any atom is -0.316 e. The Morgan fingerprint density at radius 2 is 2.05 bits per heavy atom. The minimum absolute atomic E-state index is 0.0883. The van der Waals surface area contributed by atoms with Crippen LogP contribution in [0.2, 0.25) is 0 Å². The van der Waals surface area contributed by atoms with E-state index in [4.69, 9.17) is 0 Å². The molecular weight excluding hydrogens is 251 g/mol. The average molecular weight is 280 g/mol. The van der Waals surface area contributed by atoms with E-state index in [0.717, 1.165) is 30.6 Å². The van der Waals surface area contributed by atoms with Gasteiger partial charge in [-0.1, -0.05) is 32.4 Å².